The molecule has 1 aromatic rings. The summed E-state index contributed by atoms with van der Waals surface area (Å²) in [5.74, 6) is -5.13. The summed E-state index contributed by atoms with van der Waals surface area (Å²) in [6.07, 6.45) is -1.44. The van der Waals surface area contributed by atoms with Gasteiger partial charge in [-0.1, -0.05) is 0 Å². The maximum Gasteiger partial charge on any atom is 0.412 e. The Morgan fingerprint density at radius 2 is 1.83 bits per heavy atom. The smallest absolute Gasteiger partial charge is 0.412 e. The molecule has 1 rings (SSSR count). The molecule has 0 spiro atoms. The van der Waals surface area contributed by atoms with E-state index in [0.717, 1.165) is 0 Å². The van der Waals surface area contributed by atoms with E-state index in [1.807, 2.05) is 5.32 Å². The van der Waals surface area contributed by atoms with Gasteiger partial charge in [-0.15, -0.1) is 0 Å². The maximum atomic E-state index is 14.2. The van der Waals surface area contributed by atoms with Gasteiger partial charge in [0.2, 0.25) is 0 Å². The van der Waals surface area contributed by atoms with E-state index in [2.05, 4.69) is 0 Å². The summed E-state index contributed by atoms with van der Waals surface area (Å²) in [4.78, 5) is 22.0. The first-order valence-corrected chi connectivity index (χ1v) is 6.89. The van der Waals surface area contributed by atoms with Crippen molar-refractivity contribution in [2.75, 3.05) is 5.32 Å². The minimum absolute atomic E-state index is 0.0448. The van der Waals surface area contributed by atoms with Crippen LogP contribution in [0.4, 0.5) is 23.7 Å². The van der Waals surface area contributed by atoms with Crippen molar-refractivity contribution >= 4 is 17.7 Å². The lowest BCUT2D eigenvalue weighted by Gasteiger charge is -2.20. The highest BCUT2D eigenvalue weighted by Crippen LogP contribution is 2.26. The molecular formula is C15H18F3NO4. The second-order valence-corrected chi connectivity index (χ2v) is 5.89. The van der Waals surface area contributed by atoms with Gasteiger partial charge in [-0.25, -0.2) is 18.0 Å². The number of aryl methyl sites for hydroxylation is 1. The third-order valence-electron chi connectivity index (χ3n) is 2.69. The average molecular weight is 333 g/mol. The predicted octanol–water partition coefficient (Wildman–Crippen LogP) is 3.86. The fourth-order valence-electron chi connectivity index (χ4n) is 1.78. The first-order valence-electron chi connectivity index (χ1n) is 6.89. The number of ether oxygens (including phenoxy) is 1. The number of rotatable bonds is 5. The zero-order chi connectivity index (χ0) is 17.8. The van der Waals surface area contributed by atoms with E-state index in [9.17, 15) is 22.8 Å². The second kappa shape index (κ2) is 7.34. The van der Waals surface area contributed by atoms with Gasteiger partial charge < -0.3 is 9.84 Å². The molecule has 0 heterocycles. The molecule has 2 N–H and O–H groups in total. The summed E-state index contributed by atoms with van der Waals surface area (Å²) in [5.41, 5.74) is -2.07. The van der Waals surface area contributed by atoms with Crippen LogP contribution in [0.25, 0.3) is 0 Å². The third-order valence-corrected chi connectivity index (χ3v) is 2.69. The summed E-state index contributed by atoms with van der Waals surface area (Å²) < 4.78 is 46.3. The molecule has 0 aliphatic rings. The van der Waals surface area contributed by atoms with Gasteiger partial charge in [0.05, 0.1) is 0 Å². The highest BCUT2D eigenvalue weighted by molar-refractivity contribution is 5.85. The van der Waals surface area contributed by atoms with E-state index < -0.39 is 40.8 Å². The zero-order valence-corrected chi connectivity index (χ0v) is 13.0. The normalized spacial score (nSPS) is 11.2. The van der Waals surface area contributed by atoms with Gasteiger partial charge >= 0.3 is 12.1 Å². The van der Waals surface area contributed by atoms with Crippen LogP contribution < -0.4 is 5.32 Å². The number of carboxylic acids is 1. The lowest BCUT2D eigenvalue weighted by atomic mass is 10.1. The first-order chi connectivity index (χ1) is 10.5. The quantitative estimate of drug-likeness (QED) is 0.802. The lowest BCUT2D eigenvalue weighted by Crippen LogP contribution is -2.28. The van der Waals surface area contributed by atoms with E-state index in [-0.39, 0.29) is 24.8 Å². The molecule has 0 radical (unpaired) electrons. The number of carboxylic acid groups (broad SMARTS) is 1. The number of nitrogens with one attached hydrogen (secondary N) is 1. The number of carbonyl (C=O) groups excluding carboxylic acids is 1. The topological polar surface area (TPSA) is 75.6 Å². The molecule has 0 aromatic heterocycles. The van der Waals surface area contributed by atoms with Crippen molar-refractivity contribution in [2.45, 2.75) is 45.6 Å². The van der Waals surface area contributed by atoms with E-state index in [4.69, 9.17) is 9.84 Å². The fourth-order valence-corrected chi connectivity index (χ4v) is 1.78. The molecule has 0 bridgehead atoms. The molecule has 0 aliphatic heterocycles. The van der Waals surface area contributed by atoms with Crippen LogP contribution in [0.2, 0.25) is 0 Å². The number of carbonyl (C=O) groups is 2. The SMILES string of the molecule is CC(C)(C)OC(=O)Nc1c(F)c(F)cc(CCCC(=O)O)c1F. The largest absolute Gasteiger partial charge is 0.481 e. The highest BCUT2D eigenvalue weighted by atomic mass is 19.2. The summed E-state index contributed by atoms with van der Waals surface area (Å²) in [5, 5.41) is 10.4. The average Bonchev–Trinajstić information content (AvgIpc) is 2.38. The van der Waals surface area contributed by atoms with Crippen LogP contribution in [0.3, 0.4) is 0 Å². The molecule has 128 valence electrons. The van der Waals surface area contributed by atoms with E-state index in [1.54, 1.807) is 20.8 Å². The molecule has 0 saturated heterocycles. The van der Waals surface area contributed by atoms with Crippen LogP contribution in [0.1, 0.15) is 39.2 Å². The molecule has 1 aromatic carbocycles. The van der Waals surface area contributed by atoms with Gasteiger partial charge in [-0.05, 0) is 45.2 Å². The highest BCUT2D eigenvalue weighted by Gasteiger charge is 2.23. The van der Waals surface area contributed by atoms with Crippen molar-refractivity contribution in [1.29, 1.82) is 0 Å². The lowest BCUT2D eigenvalue weighted by molar-refractivity contribution is -0.137. The van der Waals surface area contributed by atoms with Gasteiger partial charge in [-0.3, -0.25) is 10.1 Å². The predicted molar refractivity (Wildman–Crippen MR) is 76.7 cm³/mol. The number of hydrogen-bond acceptors (Lipinski definition) is 3. The fraction of sp³-hybridized carbons (Fsp3) is 0.467. The molecule has 0 saturated carbocycles. The molecule has 0 unspecified atom stereocenters. The van der Waals surface area contributed by atoms with Crippen molar-refractivity contribution in [2.24, 2.45) is 0 Å². The minimum Gasteiger partial charge on any atom is -0.481 e. The second-order valence-electron chi connectivity index (χ2n) is 5.89. The Morgan fingerprint density at radius 3 is 2.35 bits per heavy atom. The van der Waals surface area contributed by atoms with Gasteiger partial charge in [0.15, 0.2) is 17.5 Å². The number of hydrogen-bond donors (Lipinski definition) is 2. The van der Waals surface area contributed by atoms with Gasteiger partial charge in [0.25, 0.3) is 0 Å². The van der Waals surface area contributed by atoms with Crippen molar-refractivity contribution < 1.29 is 32.6 Å². The van der Waals surface area contributed by atoms with E-state index in [0.29, 0.717) is 6.07 Å². The Hall–Kier alpha value is -2.25. The standard InChI is InChI=1S/C15H18F3NO4/c1-15(2,3)23-14(22)19-13-11(17)8(5-4-6-10(20)21)7-9(16)12(13)18/h7H,4-6H2,1-3H3,(H,19,22)(H,20,21). The number of aliphatic carboxylic acids is 1. The summed E-state index contributed by atoms with van der Waals surface area (Å²) >= 11 is 0. The van der Waals surface area contributed by atoms with Crippen LogP contribution in [-0.4, -0.2) is 22.8 Å². The van der Waals surface area contributed by atoms with Crippen molar-refractivity contribution in [3.8, 4) is 0 Å². The summed E-state index contributed by atoms with van der Waals surface area (Å²) in [7, 11) is 0. The van der Waals surface area contributed by atoms with Crippen LogP contribution >= 0.6 is 0 Å². The number of anilines is 1. The van der Waals surface area contributed by atoms with Crippen molar-refractivity contribution in [3.05, 3.63) is 29.1 Å². The van der Waals surface area contributed by atoms with E-state index in [1.165, 1.54) is 0 Å². The number of halogens is 3. The van der Waals surface area contributed by atoms with Crippen LogP contribution in [-0.2, 0) is 16.0 Å². The van der Waals surface area contributed by atoms with Crippen molar-refractivity contribution in [1.82, 2.24) is 0 Å². The number of amides is 1. The van der Waals surface area contributed by atoms with Gasteiger partial charge in [0.1, 0.15) is 11.3 Å². The van der Waals surface area contributed by atoms with Gasteiger partial charge in [0, 0.05) is 6.42 Å². The Morgan fingerprint density at radius 1 is 1.22 bits per heavy atom. The van der Waals surface area contributed by atoms with Crippen LogP contribution in [0.15, 0.2) is 6.07 Å². The summed E-state index contributed by atoms with van der Waals surface area (Å²) in [6.45, 7) is 4.67. The van der Waals surface area contributed by atoms with Crippen molar-refractivity contribution in [3.63, 3.8) is 0 Å². The summed E-state index contributed by atoms with van der Waals surface area (Å²) in [6, 6.07) is 0.646. The number of benzene rings is 1. The maximum absolute atomic E-state index is 14.2. The molecule has 0 fully saturated rings. The molecular weight excluding hydrogens is 315 g/mol. The Labute approximate surface area is 131 Å². The monoisotopic (exact) mass is 333 g/mol. The van der Waals surface area contributed by atoms with Crippen LogP contribution in [0, 0.1) is 17.5 Å². The molecule has 23 heavy (non-hydrogen) atoms. The molecule has 5 nitrogen and oxygen atoms in total. The third kappa shape index (κ3) is 5.80. The van der Waals surface area contributed by atoms with E-state index >= 15 is 0 Å². The first kappa shape index (κ1) is 18.8. The molecule has 8 heteroatoms. The molecule has 0 aliphatic carbocycles. The minimum atomic E-state index is -1.55. The Bertz CT molecular complexity index is 612. The zero-order valence-electron chi connectivity index (χ0n) is 13.0. The molecule has 1 amide bonds. The molecule has 0 atom stereocenters. The Kier molecular flexibility index (Phi) is 6.00. The Balaban J connectivity index is 3.00. The van der Waals surface area contributed by atoms with Gasteiger partial charge in [-0.2, -0.15) is 0 Å². The van der Waals surface area contributed by atoms with Crippen LogP contribution in [0.5, 0.6) is 0 Å².